The third-order valence-corrected chi connectivity index (χ3v) is 8.58. The largest absolute Gasteiger partial charge is 0.343 e. The highest BCUT2D eigenvalue weighted by atomic mass is 16.2. The molecule has 1 saturated carbocycles. The molecule has 0 spiro atoms. The molecule has 2 heterocycles. The summed E-state index contributed by atoms with van der Waals surface area (Å²) in [5, 5.41) is 6.19. The Bertz CT molecular complexity index is 820. The van der Waals surface area contributed by atoms with Gasteiger partial charge in [0.1, 0.15) is 6.04 Å². The van der Waals surface area contributed by atoms with Gasteiger partial charge in [0.05, 0.1) is 6.04 Å². The van der Waals surface area contributed by atoms with E-state index in [-0.39, 0.29) is 35.9 Å². The van der Waals surface area contributed by atoms with Crippen LogP contribution in [0.4, 0.5) is 0 Å². The molecule has 0 unspecified atom stereocenters. The fourth-order valence-electron chi connectivity index (χ4n) is 6.16. The van der Waals surface area contributed by atoms with Gasteiger partial charge in [-0.3, -0.25) is 9.59 Å². The molecule has 188 valence electrons. The van der Waals surface area contributed by atoms with Crippen molar-refractivity contribution >= 4 is 11.8 Å². The summed E-state index contributed by atoms with van der Waals surface area (Å²) in [6.45, 7) is 7.94. The quantitative estimate of drug-likeness (QED) is 0.615. The fraction of sp³-hybridized carbons (Fsp3) is 0.714. The summed E-state index contributed by atoms with van der Waals surface area (Å²) in [4.78, 5) is 31.4. The van der Waals surface area contributed by atoms with Gasteiger partial charge in [-0.2, -0.15) is 0 Å². The van der Waals surface area contributed by atoms with Crippen LogP contribution in [0.1, 0.15) is 63.0 Å². The molecule has 1 aliphatic carbocycles. The van der Waals surface area contributed by atoms with Crippen LogP contribution >= 0.6 is 0 Å². The van der Waals surface area contributed by atoms with Crippen molar-refractivity contribution < 1.29 is 9.59 Å². The summed E-state index contributed by atoms with van der Waals surface area (Å²) >= 11 is 0. The Hall–Kier alpha value is -1.92. The van der Waals surface area contributed by atoms with E-state index in [1.54, 1.807) is 7.05 Å². The number of fused-ring (bicyclic) bond motifs is 1. The van der Waals surface area contributed by atoms with Gasteiger partial charge in [-0.1, -0.05) is 49.1 Å². The predicted octanol–water partition coefficient (Wildman–Crippen LogP) is 3.13. The lowest BCUT2D eigenvalue weighted by molar-refractivity contribution is -0.140. The SMILES string of the molecule is CN[C@@H](C)C(=O)N[C@H](C(=O)N1CC[C@H]2CCN(CCc3ccc(C)cc3)C[C@H]21)C1CCCCC1. The van der Waals surface area contributed by atoms with Gasteiger partial charge in [-0.05, 0) is 76.9 Å². The average Bonchev–Trinajstić information content (AvgIpc) is 3.29. The van der Waals surface area contributed by atoms with E-state index in [1.807, 2.05) is 6.92 Å². The van der Waals surface area contributed by atoms with Crippen LogP contribution in [0.2, 0.25) is 0 Å². The number of benzene rings is 1. The number of carbonyl (C=O) groups is 2. The maximum Gasteiger partial charge on any atom is 0.245 e. The van der Waals surface area contributed by atoms with Crippen molar-refractivity contribution in [3.63, 3.8) is 0 Å². The first-order chi connectivity index (χ1) is 16.5. The highest BCUT2D eigenvalue weighted by molar-refractivity contribution is 5.90. The molecule has 0 radical (unpaired) electrons. The smallest absolute Gasteiger partial charge is 0.245 e. The van der Waals surface area contributed by atoms with E-state index in [4.69, 9.17) is 0 Å². The zero-order valence-corrected chi connectivity index (χ0v) is 21.4. The van der Waals surface area contributed by atoms with E-state index in [0.717, 1.165) is 64.7 Å². The minimum atomic E-state index is -0.384. The van der Waals surface area contributed by atoms with Crippen LogP contribution < -0.4 is 10.6 Å². The van der Waals surface area contributed by atoms with Crippen molar-refractivity contribution in [2.24, 2.45) is 11.8 Å². The third kappa shape index (κ3) is 6.01. The fourth-order valence-corrected chi connectivity index (χ4v) is 6.16. The molecule has 0 aromatic heterocycles. The number of piperidine rings is 1. The molecule has 4 atom stereocenters. The Labute approximate surface area is 205 Å². The standard InChI is InChI=1S/C28H44N4O2/c1-20-9-11-22(12-10-20)13-16-31-17-14-23-15-18-32(25(23)19-31)28(34)26(24-7-5-4-6-8-24)30-27(33)21(2)29-3/h9-12,21,23-26,29H,4-8,13-19H2,1-3H3,(H,30,33)/t21-,23+,25+,26-/m0/s1. The van der Waals surface area contributed by atoms with E-state index in [1.165, 1.54) is 24.0 Å². The molecule has 3 aliphatic rings. The molecular weight excluding hydrogens is 424 g/mol. The van der Waals surface area contributed by atoms with Crippen LogP contribution in [0.5, 0.6) is 0 Å². The second-order valence-corrected chi connectivity index (χ2v) is 10.9. The van der Waals surface area contributed by atoms with Crippen molar-refractivity contribution in [2.45, 2.75) is 83.3 Å². The molecule has 2 aliphatic heterocycles. The molecule has 1 aromatic carbocycles. The van der Waals surface area contributed by atoms with Crippen molar-refractivity contribution in [1.29, 1.82) is 0 Å². The summed E-state index contributed by atoms with van der Waals surface area (Å²) in [7, 11) is 1.79. The molecule has 6 nitrogen and oxygen atoms in total. The highest BCUT2D eigenvalue weighted by Crippen LogP contribution is 2.34. The zero-order chi connectivity index (χ0) is 24.1. The van der Waals surface area contributed by atoms with E-state index < -0.39 is 0 Å². The van der Waals surface area contributed by atoms with Crippen molar-refractivity contribution in [1.82, 2.24) is 20.4 Å². The Kier molecular flexibility index (Phi) is 8.65. The van der Waals surface area contributed by atoms with Gasteiger partial charge >= 0.3 is 0 Å². The van der Waals surface area contributed by atoms with Gasteiger partial charge in [0.2, 0.25) is 11.8 Å². The van der Waals surface area contributed by atoms with E-state index >= 15 is 0 Å². The van der Waals surface area contributed by atoms with Gasteiger partial charge in [0.25, 0.3) is 0 Å². The molecular formula is C28H44N4O2. The molecule has 1 aromatic rings. The van der Waals surface area contributed by atoms with E-state index in [0.29, 0.717) is 5.92 Å². The maximum atomic E-state index is 13.9. The van der Waals surface area contributed by atoms with Crippen LogP contribution in [0, 0.1) is 18.8 Å². The highest BCUT2D eigenvalue weighted by Gasteiger charge is 2.44. The average molecular weight is 469 g/mol. The lowest BCUT2D eigenvalue weighted by Gasteiger charge is -2.41. The number of nitrogens with zero attached hydrogens (tertiary/aromatic N) is 2. The van der Waals surface area contributed by atoms with E-state index in [2.05, 4.69) is 51.6 Å². The second-order valence-electron chi connectivity index (χ2n) is 10.9. The number of nitrogens with one attached hydrogen (secondary N) is 2. The first-order valence-corrected chi connectivity index (χ1v) is 13.5. The molecule has 6 heteroatoms. The summed E-state index contributed by atoms with van der Waals surface area (Å²) in [5.74, 6) is 0.954. The number of aryl methyl sites for hydroxylation is 1. The lowest BCUT2D eigenvalue weighted by atomic mass is 9.83. The molecule has 4 rings (SSSR count). The molecule has 34 heavy (non-hydrogen) atoms. The van der Waals surface area contributed by atoms with Crippen LogP contribution in [-0.4, -0.2) is 73.0 Å². The van der Waals surface area contributed by atoms with Crippen LogP contribution in [0.3, 0.4) is 0 Å². The van der Waals surface area contributed by atoms with Crippen molar-refractivity contribution in [3.8, 4) is 0 Å². The van der Waals surface area contributed by atoms with Gasteiger partial charge in [-0.15, -0.1) is 0 Å². The van der Waals surface area contributed by atoms with E-state index in [9.17, 15) is 9.59 Å². The summed E-state index contributed by atoms with van der Waals surface area (Å²) in [6, 6.07) is 8.45. The zero-order valence-electron chi connectivity index (χ0n) is 21.4. The Morgan fingerprint density at radius 2 is 1.74 bits per heavy atom. The number of hydrogen-bond acceptors (Lipinski definition) is 4. The number of carbonyl (C=O) groups excluding carboxylic acids is 2. The van der Waals surface area contributed by atoms with Crippen LogP contribution in [-0.2, 0) is 16.0 Å². The Balaban J connectivity index is 1.41. The number of rotatable bonds is 8. The molecule has 2 saturated heterocycles. The van der Waals surface area contributed by atoms with Crippen LogP contribution in [0.25, 0.3) is 0 Å². The summed E-state index contributed by atoms with van der Waals surface area (Å²) in [5.41, 5.74) is 2.68. The normalized spacial score (nSPS) is 25.6. The third-order valence-electron chi connectivity index (χ3n) is 8.58. The Morgan fingerprint density at radius 1 is 1.03 bits per heavy atom. The van der Waals surface area contributed by atoms with Gasteiger partial charge in [0, 0.05) is 25.7 Å². The molecule has 0 bridgehead atoms. The van der Waals surface area contributed by atoms with Crippen LogP contribution in [0.15, 0.2) is 24.3 Å². The number of likely N-dealkylation sites (tertiary alicyclic amines) is 2. The van der Waals surface area contributed by atoms with Crippen molar-refractivity contribution in [2.75, 3.05) is 33.2 Å². The topological polar surface area (TPSA) is 64.7 Å². The first kappa shape index (κ1) is 25.2. The Morgan fingerprint density at radius 3 is 2.44 bits per heavy atom. The number of hydrogen-bond donors (Lipinski definition) is 2. The first-order valence-electron chi connectivity index (χ1n) is 13.5. The second kappa shape index (κ2) is 11.7. The van der Waals surface area contributed by atoms with Gasteiger partial charge in [-0.25, -0.2) is 0 Å². The summed E-state index contributed by atoms with van der Waals surface area (Å²) in [6.07, 6.45) is 8.94. The molecule has 3 fully saturated rings. The minimum Gasteiger partial charge on any atom is -0.343 e. The summed E-state index contributed by atoms with van der Waals surface area (Å²) < 4.78 is 0. The van der Waals surface area contributed by atoms with Gasteiger partial charge in [0.15, 0.2) is 0 Å². The number of amides is 2. The number of likely N-dealkylation sites (N-methyl/N-ethyl adjacent to an activating group) is 1. The lowest BCUT2D eigenvalue weighted by Crippen LogP contribution is -2.58. The monoisotopic (exact) mass is 468 g/mol. The predicted molar refractivity (Wildman–Crippen MR) is 137 cm³/mol. The maximum absolute atomic E-state index is 13.9. The van der Waals surface area contributed by atoms with Crippen molar-refractivity contribution in [3.05, 3.63) is 35.4 Å². The molecule has 2 N–H and O–H groups in total. The minimum absolute atomic E-state index is 0.0643. The molecule has 2 amide bonds. The van der Waals surface area contributed by atoms with Gasteiger partial charge < -0.3 is 20.4 Å².